The van der Waals surface area contributed by atoms with Crippen LogP contribution in [0, 0.1) is 0 Å². The van der Waals surface area contributed by atoms with Crippen LogP contribution in [-0.2, 0) is 6.54 Å². The topological polar surface area (TPSA) is 37.8 Å². The van der Waals surface area contributed by atoms with Crippen molar-refractivity contribution < 1.29 is 0 Å². The molecule has 0 spiro atoms. The van der Waals surface area contributed by atoms with Crippen LogP contribution in [0.3, 0.4) is 0 Å². The highest BCUT2D eigenvalue weighted by Crippen LogP contribution is 2.28. The Kier molecular flexibility index (Phi) is 4.73. The number of hydrogen-bond acceptors (Lipinski definition) is 4. The van der Waals surface area contributed by atoms with Crippen molar-refractivity contribution in [2.45, 2.75) is 36.4 Å². The molecule has 0 atom stereocenters. The van der Waals surface area contributed by atoms with E-state index in [1.54, 1.807) is 30.4 Å². The predicted octanol–water partition coefficient (Wildman–Crippen LogP) is 3.13. The van der Waals surface area contributed by atoms with Crippen molar-refractivity contribution in [1.82, 2.24) is 15.3 Å². The summed E-state index contributed by atoms with van der Waals surface area (Å²) < 4.78 is 0. The monoisotopic (exact) mass is 259 g/mol. The van der Waals surface area contributed by atoms with Gasteiger partial charge in [0.2, 0.25) is 0 Å². The molecule has 0 aliphatic heterocycles. The molecule has 0 saturated carbocycles. The molecule has 4 heteroatoms. The highest BCUT2D eigenvalue weighted by molar-refractivity contribution is 7.99. The lowest BCUT2D eigenvalue weighted by atomic mass is 10.2. The summed E-state index contributed by atoms with van der Waals surface area (Å²) in [7, 11) is 0. The van der Waals surface area contributed by atoms with Gasteiger partial charge in [0, 0.05) is 29.9 Å². The summed E-state index contributed by atoms with van der Waals surface area (Å²) in [5, 5.41) is 4.36. The smallest absolute Gasteiger partial charge is 0.119 e. The van der Waals surface area contributed by atoms with Crippen molar-refractivity contribution in [3.63, 3.8) is 0 Å². The maximum Gasteiger partial charge on any atom is 0.119 e. The van der Waals surface area contributed by atoms with Crippen molar-refractivity contribution >= 4 is 11.8 Å². The first kappa shape index (κ1) is 13.1. The maximum absolute atomic E-state index is 4.29. The molecule has 2 rings (SSSR count). The van der Waals surface area contributed by atoms with Gasteiger partial charge >= 0.3 is 0 Å². The molecule has 0 aliphatic carbocycles. The van der Waals surface area contributed by atoms with Gasteiger partial charge in [-0.15, -0.1) is 0 Å². The number of rotatable bonds is 5. The van der Waals surface area contributed by atoms with Crippen LogP contribution in [0.25, 0.3) is 0 Å². The van der Waals surface area contributed by atoms with Gasteiger partial charge in [0.25, 0.3) is 0 Å². The first-order chi connectivity index (χ1) is 8.75. The maximum atomic E-state index is 4.29. The second-order valence-corrected chi connectivity index (χ2v) is 5.35. The van der Waals surface area contributed by atoms with Gasteiger partial charge in [0.05, 0.1) is 6.20 Å². The molecule has 1 heterocycles. The molecule has 0 fully saturated rings. The second kappa shape index (κ2) is 6.52. The molecule has 2 aromatic rings. The Balaban J connectivity index is 2.12. The van der Waals surface area contributed by atoms with E-state index in [2.05, 4.69) is 53.4 Å². The van der Waals surface area contributed by atoms with Crippen molar-refractivity contribution in [1.29, 1.82) is 0 Å². The molecule has 1 aromatic carbocycles. The molecule has 0 unspecified atom stereocenters. The average molecular weight is 259 g/mol. The van der Waals surface area contributed by atoms with Gasteiger partial charge in [-0.3, -0.25) is 4.98 Å². The number of hydrogen-bond donors (Lipinski definition) is 1. The van der Waals surface area contributed by atoms with Crippen LogP contribution in [0.15, 0.2) is 52.8 Å². The van der Waals surface area contributed by atoms with E-state index in [1.807, 2.05) is 0 Å². The Morgan fingerprint density at radius 3 is 2.78 bits per heavy atom. The van der Waals surface area contributed by atoms with Gasteiger partial charge in [-0.25, -0.2) is 4.98 Å². The van der Waals surface area contributed by atoms with Crippen molar-refractivity contribution in [2.75, 3.05) is 0 Å². The van der Waals surface area contributed by atoms with Crippen molar-refractivity contribution in [3.8, 4) is 0 Å². The van der Waals surface area contributed by atoms with Crippen molar-refractivity contribution in [3.05, 3.63) is 48.4 Å². The lowest BCUT2D eigenvalue weighted by Gasteiger charge is -2.11. The fourth-order valence-electron chi connectivity index (χ4n) is 1.51. The molecule has 1 N–H and O–H groups in total. The predicted molar refractivity (Wildman–Crippen MR) is 74.6 cm³/mol. The minimum absolute atomic E-state index is 0.486. The first-order valence-corrected chi connectivity index (χ1v) is 6.82. The standard InChI is InChI=1S/C14H17N3S/c1-11(2)17-9-12-5-3-4-6-13(12)18-14-10-15-7-8-16-14/h3-8,10-11,17H,9H2,1-2H3. The van der Waals surface area contributed by atoms with E-state index in [0.29, 0.717) is 6.04 Å². The molecule has 0 aliphatic rings. The molecule has 94 valence electrons. The fourth-order valence-corrected chi connectivity index (χ4v) is 2.38. The highest BCUT2D eigenvalue weighted by atomic mass is 32.2. The van der Waals surface area contributed by atoms with Crippen LogP contribution in [0.2, 0.25) is 0 Å². The summed E-state index contributed by atoms with van der Waals surface area (Å²) in [5.74, 6) is 0. The zero-order valence-corrected chi connectivity index (χ0v) is 11.4. The summed E-state index contributed by atoms with van der Waals surface area (Å²) >= 11 is 1.65. The Morgan fingerprint density at radius 1 is 1.22 bits per heavy atom. The summed E-state index contributed by atoms with van der Waals surface area (Å²) in [4.78, 5) is 9.60. The third kappa shape index (κ3) is 3.82. The Bertz CT molecular complexity index is 485. The molecular formula is C14H17N3S. The lowest BCUT2D eigenvalue weighted by Crippen LogP contribution is -2.22. The van der Waals surface area contributed by atoms with E-state index >= 15 is 0 Å². The molecule has 0 bridgehead atoms. The molecule has 0 amide bonds. The lowest BCUT2D eigenvalue weighted by molar-refractivity contribution is 0.585. The van der Waals surface area contributed by atoms with Crippen LogP contribution < -0.4 is 5.32 Å². The molecule has 0 radical (unpaired) electrons. The number of aromatic nitrogens is 2. The molecule has 1 aromatic heterocycles. The van der Waals surface area contributed by atoms with Crippen LogP contribution in [0.1, 0.15) is 19.4 Å². The quantitative estimate of drug-likeness (QED) is 0.895. The largest absolute Gasteiger partial charge is 0.310 e. The number of nitrogens with zero attached hydrogens (tertiary/aromatic N) is 2. The highest BCUT2D eigenvalue weighted by Gasteiger charge is 2.05. The van der Waals surface area contributed by atoms with E-state index < -0.39 is 0 Å². The Morgan fingerprint density at radius 2 is 2.06 bits per heavy atom. The third-order valence-electron chi connectivity index (χ3n) is 2.43. The minimum Gasteiger partial charge on any atom is -0.310 e. The Labute approximate surface area is 112 Å². The van der Waals surface area contributed by atoms with Gasteiger partial charge in [-0.05, 0) is 11.6 Å². The van der Waals surface area contributed by atoms with Crippen LogP contribution in [0.5, 0.6) is 0 Å². The van der Waals surface area contributed by atoms with Crippen LogP contribution in [-0.4, -0.2) is 16.0 Å². The molecule has 18 heavy (non-hydrogen) atoms. The van der Waals surface area contributed by atoms with Gasteiger partial charge in [-0.1, -0.05) is 43.8 Å². The van der Waals surface area contributed by atoms with E-state index in [1.165, 1.54) is 10.5 Å². The second-order valence-electron chi connectivity index (χ2n) is 4.29. The molecule has 0 saturated heterocycles. The summed E-state index contributed by atoms with van der Waals surface area (Å²) in [5.41, 5.74) is 1.29. The first-order valence-electron chi connectivity index (χ1n) is 6.01. The summed E-state index contributed by atoms with van der Waals surface area (Å²) in [6.45, 7) is 5.18. The minimum atomic E-state index is 0.486. The SMILES string of the molecule is CC(C)NCc1ccccc1Sc1cnccn1. The fraction of sp³-hybridized carbons (Fsp3) is 0.286. The van der Waals surface area contributed by atoms with E-state index in [-0.39, 0.29) is 0 Å². The molecule has 3 nitrogen and oxygen atoms in total. The average Bonchev–Trinajstić information content (AvgIpc) is 2.39. The normalized spacial score (nSPS) is 10.8. The van der Waals surface area contributed by atoms with Gasteiger partial charge in [0.15, 0.2) is 0 Å². The number of nitrogens with one attached hydrogen (secondary N) is 1. The zero-order valence-electron chi connectivity index (χ0n) is 10.6. The van der Waals surface area contributed by atoms with Crippen molar-refractivity contribution in [2.24, 2.45) is 0 Å². The Hall–Kier alpha value is -1.39. The van der Waals surface area contributed by atoms with E-state index in [0.717, 1.165) is 11.6 Å². The number of benzene rings is 1. The van der Waals surface area contributed by atoms with Gasteiger partial charge in [-0.2, -0.15) is 0 Å². The third-order valence-corrected chi connectivity index (χ3v) is 3.47. The summed E-state index contributed by atoms with van der Waals surface area (Å²) in [6, 6.07) is 8.88. The molecular weight excluding hydrogens is 242 g/mol. The van der Waals surface area contributed by atoms with E-state index in [4.69, 9.17) is 0 Å². The van der Waals surface area contributed by atoms with Crippen LogP contribution in [0.4, 0.5) is 0 Å². The van der Waals surface area contributed by atoms with Gasteiger partial charge < -0.3 is 5.32 Å². The van der Waals surface area contributed by atoms with E-state index in [9.17, 15) is 0 Å². The summed E-state index contributed by atoms with van der Waals surface area (Å²) in [6.07, 6.45) is 5.20. The zero-order chi connectivity index (χ0) is 12.8. The van der Waals surface area contributed by atoms with Gasteiger partial charge in [0.1, 0.15) is 5.03 Å². The van der Waals surface area contributed by atoms with Crippen LogP contribution >= 0.6 is 11.8 Å².